The normalized spacial score (nSPS) is 13.4. The molecule has 0 radical (unpaired) electrons. The highest BCUT2D eigenvalue weighted by Gasteiger charge is 2.18. The highest BCUT2D eigenvalue weighted by molar-refractivity contribution is 6.31. The zero-order valence-electron chi connectivity index (χ0n) is 11.2. The van der Waals surface area contributed by atoms with Crippen LogP contribution in [0.5, 0.6) is 0 Å². The largest absolute Gasteiger partial charge is 0.324 e. The number of nitrogens with two attached hydrogens (primary N) is 1. The van der Waals surface area contributed by atoms with Crippen LogP contribution in [0.2, 0.25) is 5.02 Å². The molecule has 1 heterocycles. The second-order valence-corrected chi connectivity index (χ2v) is 5.40. The van der Waals surface area contributed by atoms with Gasteiger partial charge in [-0.05, 0) is 38.5 Å². The molecule has 1 unspecified atom stereocenters. The van der Waals surface area contributed by atoms with Crippen molar-refractivity contribution < 1.29 is 0 Å². The van der Waals surface area contributed by atoms with Gasteiger partial charge in [-0.3, -0.25) is 0 Å². The molecular formula is C14H20ClN3. The van der Waals surface area contributed by atoms with Gasteiger partial charge in [0, 0.05) is 11.1 Å². The van der Waals surface area contributed by atoms with Crippen molar-refractivity contribution in [3.8, 4) is 0 Å². The Bertz CT molecular complexity index is 545. The van der Waals surface area contributed by atoms with Gasteiger partial charge in [0.1, 0.15) is 5.82 Å². The van der Waals surface area contributed by atoms with Crippen LogP contribution >= 0.6 is 11.6 Å². The summed E-state index contributed by atoms with van der Waals surface area (Å²) in [5.41, 5.74) is 8.27. The molecule has 18 heavy (non-hydrogen) atoms. The molecule has 2 rings (SSSR count). The maximum atomic E-state index is 6.23. The van der Waals surface area contributed by atoms with Crippen molar-refractivity contribution in [2.45, 2.75) is 45.7 Å². The molecule has 1 aromatic carbocycles. The van der Waals surface area contributed by atoms with Gasteiger partial charge >= 0.3 is 0 Å². The summed E-state index contributed by atoms with van der Waals surface area (Å²) < 4.78 is 2.21. The van der Waals surface area contributed by atoms with Gasteiger partial charge in [0.25, 0.3) is 0 Å². The predicted octanol–water partition coefficient (Wildman–Crippen LogP) is 4.07. The first-order valence-corrected chi connectivity index (χ1v) is 6.85. The van der Waals surface area contributed by atoms with Gasteiger partial charge in [-0.15, -0.1) is 0 Å². The van der Waals surface area contributed by atoms with Crippen LogP contribution in [0.15, 0.2) is 18.2 Å². The fourth-order valence-corrected chi connectivity index (χ4v) is 2.50. The first-order valence-electron chi connectivity index (χ1n) is 6.47. The van der Waals surface area contributed by atoms with E-state index in [4.69, 9.17) is 17.3 Å². The van der Waals surface area contributed by atoms with Gasteiger partial charge < -0.3 is 10.3 Å². The lowest BCUT2D eigenvalue weighted by atomic mass is 10.1. The monoisotopic (exact) mass is 265 g/mol. The highest BCUT2D eigenvalue weighted by Crippen LogP contribution is 2.27. The molecule has 1 atom stereocenters. The number of benzene rings is 1. The third kappa shape index (κ3) is 2.38. The summed E-state index contributed by atoms with van der Waals surface area (Å²) in [6.45, 7) is 6.44. The van der Waals surface area contributed by atoms with Crippen LogP contribution in [0.4, 0.5) is 0 Å². The van der Waals surface area contributed by atoms with Crippen molar-refractivity contribution in [1.82, 2.24) is 9.55 Å². The van der Waals surface area contributed by atoms with Crippen molar-refractivity contribution in [1.29, 1.82) is 0 Å². The van der Waals surface area contributed by atoms with Crippen LogP contribution in [-0.2, 0) is 0 Å². The van der Waals surface area contributed by atoms with Crippen LogP contribution in [-0.4, -0.2) is 9.55 Å². The zero-order chi connectivity index (χ0) is 13.3. The second kappa shape index (κ2) is 5.29. The Hall–Kier alpha value is -1.06. The third-order valence-electron chi connectivity index (χ3n) is 3.13. The quantitative estimate of drug-likeness (QED) is 0.906. The molecular weight excluding hydrogens is 246 g/mol. The lowest BCUT2D eigenvalue weighted by Gasteiger charge is -2.17. The van der Waals surface area contributed by atoms with E-state index in [1.807, 2.05) is 18.2 Å². The van der Waals surface area contributed by atoms with Crippen LogP contribution in [0.25, 0.3) is 11.0 Å². The number of aromatic nitrogens is 2. The van der Waals surface area contributed by atoms with E-state index in [1.54, 1.807) is 0 Å². The molecule has 98 valence electrons. The average molecular weight is 266 g/mol. The van der Waals surface area contributed by atoms with E-state index in [-0.39, 0.29) is 6.04 Å². The van der Waals surface area contributed by atoms with Crippen LogP contribution in [0.1, 0.15) is 51.5 Å². The zero-order valence-corrected chi connectivity index (χ0v) is 11.9. The Morgan fingerprint density at radius 2 is 2.11 bits per heavy atom. The molecule has 0 aliphatic rings. The van der Waals surface area contributed by atoms with E-state index in [0.717, 1.165) is 29.7 Å². The van der Waals surface area contributed by atoms with E-state index in [0.29, 0.717) is 11.1 Å². The topological polar surface area (TPSA) is 43.8 Å². The van der Waals surface area contributed by atoms with E-state index < -0.39 is 0 Å². The van der Waals surface area contributed by atoms with Gasteiger partial charge in [-0.25, -0.2) is 4.98 Å². The van der Waals surface area contributed by atoms with Gasteiger partial charge in [-0.2, -0.15) is 0 Å². The van der Waals surface area contributed by atoms with Crippen molar-refractivity contribution in [2.75, 3.05) is 0 Å². The Morgan fingerprint density at radius 1 is 1.39 bits per heavy atom. The summed E-state index contributed by atoms with van der Waals surface area (Å²) in [5, 5.41) is 0.714. The summed E-state index contributed by atoms with van der Waals surface area (Å²) in [6, 6.07) is 6.15. The lowest BCUT2D eigenvalue weighted by Crippen LogP contribution is -2.17. The minimum Gasteiger partial charge on any atom is -0.324 e. The highest BCUT2D eigenvalue weighted by atomic mass is 35.5. The number of hydrogen-bond acceptors (Lipinski definition) is 2. The first kappa shape index (κ1) is 13.4. The second-order valence-electron chi connectivity index (χ2n) is 4.96. The minimum atomic E-state index is -0.0106. The molecule has 2 aromatic rings. The summed E-state index contributed by atoms with van der Waals surface area (Å²) in [5.74, 6) is 0.962. The van der Waals surface area contributed by atoms with Gasteiger partial charge in [0.15, 0.2) is 0 Å². The SMILES string of the molecule is CCCC(N)c1nc2cc(Cl)ccc2n1C(C)C. The molecule has 0 bridgehead atoms. The third-order valence-corrected chi connectivity index (χ3v) is 3.36. The van der Waals surface area contributed by atoms with Crippen molar-refractivity contribution in [3.63, 3.8) is 0 Å². The Kier molecular flexibility index (Phi) is 3.93. The molecule has 0 amide bonds. The number of rotatable bonds is 4. The van der Waals surface area contributed by atoms with Crippen molar-refractivity contribution in [3.05, 3.63) is 29.0 Å². The maximum absolute atomic E-state index is 6.23. The molecule has 0 aliphatic carbocycles. The Balaban J connectivity index is 2.60. The molecule has 0 aliphatic heterocycles. The summed E-state index contributed by atoms with van der Waals surface area (Å²) in [6.07, 6.45) is 2.01. The van der Waals surface area contributed by atoms with E-state index in [2.05, 4.69) is 30.3 Å². The van der Waals surface area contributed by atoms with Crippen LogP contribution in [0.3, 0.4) is 0 Å². The Labute approximate surface area is 113 Å². The molecule has 3 nitrogen and oxygen atoms in total. The molecule has 1 aromatic heterocycles. The fourth-order valence-electron chi connectivity index (χ4n) is 2.33. The lowest BCUT2D eigenvalue weighted by molar-refractivity contribution is 0.520. The van der Waals surface area contributed by atoms with Crippen molar-refractivity contribution in [2.24, 2.45) is 5.73 Å². The van der Waals surface area contributed by atoms with Crippen LogP contribution in [0, 0.1) is 0 Å². The number of nitrogens with zero attached hydrogens (tertiary/aromatic N) is 2. The fraction of sp³-hybridized carbons (Fsp3) is 0.500. The average Bonchev–Trinajstić information content (AvgIpc) is 2.67. The van der Waals surface area contributed by atoms with Crippen molar-refractivity contribution >= 4 is 22.6 Å². The summed E-state index contributed by atoms with van der Waals surface area (Å²) >= 11 is 6.02. The molecule has 0 fully saturated rings. The predicted molar refractivity (Wildman–Crippen MR) is 77.0 cm³/mol. The number of halogens is 1. The molecule has 4 heteroatoms. The standard InChI is InChI=1S/C14H20ClN3/c1-4-5-11(16)14-17-12-8-10(15)6-7-13(12)18(14)9(2)3/h6-9,11H,4-5,16H2,1-3H3. The van der Waals surface area contributed by atoms with Gasteiger partial charge in [0.05, 0.1) is 17.1 Å². The molecule has 0 saturated carbocycles. The van der Waals surface area contributed by atoms with Gasteiger partial charge in [-0.1, -0.05) is 24.9 Å². The van der Waals surface area contributed by atoms with E-state index >= 15 is 0 Å². The Morgan fingerprint density at radius 3 is 2.72 bits per heavy atom. The number of hydrogen-bond donors (Lipinski definition) is 1. The van der Waals surface area contributed by atoms with Gasteiger partial charge in [0.2, 0.25) is 0 Å². The first-order chi connectivity index (χ1) is 8.54. The van der Waals surface area contributed by atoms with E-state index in [9.17, 15) is 0 Å². The molecule has 0 spiro atoms. The molecule has 0 saturated heterocycles. The van der Waals surface area contributed by atoms with E-state index in [1.165, 1.54) is 0 Å². The number of fused-ring (bicyclic) bond motifs is 1. The minimum absolute atomic E-state index is 0.0106. The summed E-state index contributed by atoms with van der Waals surface area (Å²) in [4.78, 5) is 4.67. The smallest absolute Gasteiger partial charge is 0.127 e. The number of imidazole rings is 1. The maximum Gasteiger partial charge on any atom is 0.127 e. The summed E-state index contributed by atoms with van der Waals surface area (Å²) in [7, 11) is 0. The van der Waals surface area contributed by atoms with Crippen LogP contribution < -0.4 is 5.73 Å². The molecule has 2 N–H and O–H groups in total.